The summed E-state index contributed by atoms with van der Waals surface area (Å²) in [7, 11) is 4.13. The second kappa shape index (κ2) is 8.69. The van der Waals surface area contributed by atoms with Crippen molar-refractivity contribution in [1.29, 1.82) is 0 Å². The molecule has 2 N–H and O–H groups in total. The molecule has 1 aromatic rings. The molecule has 0 aliphatic heterocycles. The van der Waals surface area contributed by atoms with Crippen LogP contribution in [0.4, 0.5) is 11.8 Å². The molecule has 0 fully saturated rings. The number of hydrogen-bond donors (Lipinski definition) is 2. The molecule has 19 heavy (non-hydrogen) atoms. The van der Waals surface area contributed by atoms with E-state index in [2.05, 4.69) is 46.5 Å². The first-order valence-corrected chi connectivity index (χ1v) is 7.10. The van der Waals surface area contributed by atoms with Crippen LogP contribution in [-0.2, 0) is 0 Å². The Hall–Kier alpha value is -1.36. The van der Waals surface area contributed by atoms with Gasteiger partial charge in [-0.25, -0.2) is 4.98 Å². The molecular formula is C14H27N5. The van der Waals surface area contributed by atoms with E-state index in [9.17, 15) is 0 Å². The summed E-state index contributed by atoms with van der Waals surface area (Å²) in [5.41, 5.74) is 0.986. The van der Waals surface area contributed by atoms with Crippen LogP contribution in [0.3, 0.4) is 0 Å². The zero-order valence-corrected chi connectivity index (χ0v) is 12.7. The molecule has 0 aliphatic carbocycles. The Bertz CT molecular complexity index is 365. The highest BCUT2D eigenvalue weighted by atomic mass is 15.2. The number of aromatic nitrogens is 2. The van der Waals surface area contributed by atoms with Crippen LogP contribution in [0, 0.1) is 6.92 Å². The van der Waals surface area contributed by atoms with E-state index in [1.807, 2.05) is 13.0 Å². The molecule has 0 saturated carbocycles. The van der Waals surface area contributed by atoms with Gasteiger partial charge in [0.2, 0.25) is 5.95 Å². The first-order chi connectivity index (χ1) is 9.11. The third-order valence-electron chi connectivity index (χ3n) is 2.78. The fraction of sp³-hybridized carbons (Fsp3) is 0.714. The number of nitrogens with one attached hydrogen (secondary N) is 2. The van der Waals surface area contributed by atoms with E-state index in [1.54, 1.807) is 0 Å². The molecule has 0 saturated heterocycles. The number of likely N-dealkylation sites (N-methyl/N-ethyl adjacent to an activating group) is 1. The van der Waals surface area contributed by atoms with Crippen molar-refractivity contribution in [3.05, 3.63) is 11.8 Å². The van der Waals surface area contributed by atoms with Crippen molar-refractivity contribution < 1.29 is 0 Å². The van der Waals surface area contributed by atoms with Gasteiger partial charge in [0.1, 0.15) is 5.82 Å². The SMILES string of the molecule is CCCCCNc1nc(C)cc(NCCN(C)C)n1. The van der Waals surface area contributed by atoms with E-state index in [-0.39, 0.29) is 0 Å². The van der Waals surface area contributed by atoms with E-state index in [0.717, 1.165) is 43.5 Å². The molecule has 1 aromatic heterocycles. The van der Waals surface area contributed by atoms with E-state index >= 15 is 0 Å². The van der Waals surface area contributed by atoms with Crippen molar-refractivity contribution in [3.63, 3.8) is 0 Å². The molecule has 0 aromatic carbocycles. The molecule has 0 bridgehead atoms. The van der Waals surface area contributed by atoms with Gasteiger partial charge in [-0.15, -0.1) is 0 Å². The minimum Gasteiger partial charge on any atom is -0.369 e. The maximum absolute atomic E-state index is 4.48. The predicted molar refractivity (Wildman–Crippen MR) is 81.8 cm³/mol. The second-order valence-corrected chi connectivity index (χ2v) is 5.08. The maximum Gasteiger partial charge on any atom is 0.224 e. The lowest BCUT2D eigenvalue weighted by molar-refractivity contribution is 0.425. The standard InChI is InChI=1S/C14H27N5/c1-5-6-7-8-16-14-17-12(2)11-13(18-14)15-9-10-19(3)4/h11H,5-10H2,1-4H3,(H2,15,16,17,18). The fourth-order valence-electron chi connectivity index (χ4n) is 1.72. The van der Waals surface area contributed by atoms with Crippen molar-refractivity contribution in [2.75, 3.05) is 44.4 Å². The first-order valence-electron chi connectivity index (χ1n) is 7.10. The van der Waals surface area contributed by atoms with E-state index in [4.69, 9.17) is 0 Å². The zero-order chi connectivity index (χ0) is 14.1. The molecule has 0 aliphatic rings. The van der Waals surface area contributed by atoms with Crippen molar-refractivity contribution in [3.8, 4) is 0 Å². The lowest BCUT2D eigenvalue weighted by Gasteiger charge is -2.12. The highest BCUT2D eigenvalue weighted by Crippen LogP contribution is 2.09. The lowest BCUT2D eigenvalue weighted by Crippen LogP contribution is -2.21. The average Bonchev–Trinajstić information content (AvgIpc) is 2.34. The van der Waals surface area contributed by atoms with E-state index in [1.165, 1.54) is 12.8 Å². The molecule has 108 valence electrons. The number of rotatable bonds is 9. The van der Waals surface area contributed by atoms with Gasteiger partial charge in [-0.05, 0) is 27.4 Å². The van der Waals surface area contributed by atoms with Crippen LogP contribution in [0.1, 0.15) is 31.9 Å². The Morgan fingerprint density at radius 2 is 1.89 bits per heavy atom. The third-order valence-corrected chi connectivity index (χ3v) is 2.78. The van der Waals surface area contributed by atoms with Crippen LogP contribution >= 0.6 is 0 Å². The molecule has 1 rings (SSSR count). The monoisotopic (exact) mass is 265 g/mol. The number of anilines is 2. The summed E-state index contributed by atoms with van der Waals surface area (Å²) in [5.74, 6) is 1.62. The van der Waals surface area contributed by atoms with Crippen LogP contribution < -0.4 is 10.6 Å². The molecule has 5 heteroatoms. The Kier molecular flexibility index (Phi) is 7.18. The summed E-state index contributed by atoms with van der Waals surface area (Å²) in [5, 5.41) is 6.61. The normalized spacial score (nSPS) is 10.8. The first kappa shape index (κ1) is 15.7. The largest absolute Gasteiger partial charge is 0.369 e. The van der Waals surface area contributed by atoms with Gasteiger partial charge in [-0.3, -0.25) is 0 Å². The molecule has 0 spiro atoms. The predicted octanol–water partition coefficient (Wildman–Crippen LogP) is 2.36. The lowest BCUT2D eigenvalue weighted by atomic mass is 10.2. The Balaban J connectivity index is 2.46. The van der Waals surface area contributed by atoms with Gasteiger partial charge in [-0.1, -0.05) is 19.8 Å². The second-order valence-electron chi connectivity index (χ2n) is 5.08. The molecular weight excluding hydrogens is 238 g/mol. The molecule has 5 nitrogen and oxygen atoms in total. The average molecular weight is 265 g/mol. The van der Waals surface area contributed by atoms with E-state index in [0.29, 0.717) is 0 Å². The van der Waals surface area contributed by atoms with Crippen molar-refractivity contribution in [2.24, 2.45) is 0 Å². The molecule has 1 heterocycles. The number of aryl methyl sites for hydroxylation is 1. The smallest absolute Gasteiger partial charge is 0.224 e. The summed E-state index contributed by atoms with van der Waals surface area (Å²) < 4.78 is 0. The minimum absolute atomic E-state index is 0.725. The topological polar surface area (TPSA) is 53.1 Å². The van der Waals surface area contributed by atoms with Crippen LogP contribution in [-0.4, -0.2) is 48.6 Å². The summed E-state index contributed by atoms with van der Waals surface area (Å²) in [6, 6.07) is 1.98. The van der Waals surface area contributed by atoms with Gasteiger partial charge < -0.3 is 15.5 Å². The number of hydrogen-bond acceptors (Lipinski definition) is 5. The summed E-state index contributed by atoms with van der Waals surface area (Å²) in [4.78, 5) is 11.0. The third kappa shape index (κ3) is 6.96. The fourth-order valence-corrected chi connectivity index (χ4v) is 1.72. The van der Waals surface area contributed by atoms with Gasteiger partial charge in [0.25, 0.3) is 0 Å². The van der Waals surface area contributed by atoms with E-state index < -0.39 is 0 Å². The van der Waals surface area contributed by atoms with Crippen molar-refractivity contribution in [1.82, 2.24) is 14.9 Å². The van der Waals surface area contributed by atoms with Crippen LogP contribution in [0.15, 0.2) is 6.07 Å². The summed E-state index contributed by atoms with van der Waals surface area (Å²) in [6.45, 7) is 7.02. The summed E-state index contributed by atoms with van der Waals surface area (Å²) >= 11 is 0. The highest BCUT2D eigenvalue weighted by Gasteiger charge is 2.01. The molecule has 0 radical (unpaired) electrons. The Labute approximate surface area is 116 Å². The Morgan fingerprint density at radius 1 is 1.11 bits per heavy atom. The maximum atomic E-state index is 4.48. The quantitative estimate of drug-likeness (QED) is 0.671. The van der Waals surface area contributed by atoms with Gasteiger partial charge in [0.05, 0.1) is 0 Å². The molecule has 0 unspecified atom stereocenters. The number of unbranched alkanes of at least 4 members (excludes halogenated alkanes) is 2. The Morgan fingerprint density at radius 3 is 2.58 bits per heavy atom. The van der Waals surface area contributed by atoms with Gasteiger partial charge >= 0.3 is 0 Å². The zero-order valence-electron chi connectivity index (χ0n) is 12.7. The van der Waals surface area contributed by atoms with Crippen molar-refractivity contribution >= 4 is 11.8 Å². The molecule has 0 atom stereocenters. The highest BCUT2D eigenvalue weighted by molar-refractivity contribution is 5.42. The van der Waals surface area contributed by atoms with Crippen LogP contribution in [0.25, 0.3) is 0 Å². The summed E-state index contributed by atoms with van der Waals surface area (Å²) in [6.07, 6.45) is 3.64. The molecule has 0 amide bonds. The van der Waals surface area contributed by atoms with Crippen molar-refractivity contribution in [2.45, 2.75) is 33.1 Å². The van der Waals surface area contributed by atoms with Crippen LogP contribution in [0.5, 0.6) is 0 Å². The van der Waals surface area contributed by atoms with Gasteiger partial charge in [0, 0.05) is 31.4 Å². The van der Waals surface area contributed by atoms with Gasteiger partial charge in [-0.2, -0.15) is 4.98 Å². The minimum atomic E-state index is 0.725. The van der Waals surface area contributed by atoms with Gasteiger partial charge in [0.15, 0.2) is 0 Å². The van der Waals surface area contributed by atoms with Crippen LogP contribution in [0.2, 0.25) is 0 Å². The number of nitrogens with zero attached hydrogens (tertiary/aromatic N) is 3.